The zero-order valence-electron chi connectivity index (χ0n) is 11.3. The Labute approximate surface area is 128 Å². The molecule has 19 heavy (non-hydrogen) atoms. The van der Waals surface area contributed by atoms with Crippen molar-refractivity contribution in [1.29, 1.82) is 0 Å². The Morgan fingerprint density at radius 2 is 2.00 bits per heavy atom. The number of thiophene rings is 1. The molecule has 0 aliphatic carbocycles. The highest BCUT2D eigenvalue weighted by Crippen LogP contribution is 2.30. The summed E-state index contributed by atoms with van der Waals surface area (Å²) in [5.41, 5.74) is 2.40. The van der Waals surface area contributed by atoms with E-state index < -0.39 is 0 Å². The molecule has 0 radical (unpaired) electrons. The molecule has 0 spiro atoms. The Morgan fingerprint density at radius 1 is 1.26 bits per heavy atom. The molecule has 0 amide bonds. The Kier molecular flexibility index (Phi) is 4.91. The van der Waals surface area contributed by atoms with Crippen molar-refractivity contribution in [2.45, 2.75) is 33.4 Å². The molecular formula is C15H17Cl2NS. The molecule has 1 aromatic heterocycles. The maximum atomic E-state index is 6.23. The van der Waals surface area contributed by atoms with Gasteiger partial charge in [0.2, 0.25) is 0 Å². The van der Waals surface area contributed by atoms with Crippen LogP contribution in [0.2, 0.25) is 10.0 Å². The van der Waals surface area contributed by atoms with Crippen LogP contribution in [0, 0.1) is 13.8 Å². The van der Waals surface area contributed by atoms with Crippen LogP contribution in [0.25, 0.3) is 0 Å². The summed E-state index contributed by atoms with van der Waals surface area (Å²) in [7, 11) is 0. The van der Waals surface area contributed by atoms with Crippen LogP contribution in [0.4, 0.5) is 0 Å². The molecule has 0 saturated heterocycles. The van der Waals surface area contributed by atoms with Gasteiger partial charge in [-0.2, -0.15) is 0 Å². The molecule has 0 aliphatic heterocycles. The van der Waals surface area contributed by atoms with Crippen molar-refractivity contribution in [3.8, 4) is 0 Å². The zero-order chi connectivity index (χ0) is 14.0. The summed E-state index contributed by atoms with van der Waals surface area (Å²) < 4.78 is 0. The summed E-state index contributed by atoms with van der Waals surface area (Å²) in [6, 6.07) is 8.16. The second-order valence-electron chi connectivity index (χ2n) is 4.70. The van der Waals surface area contributed by atoms with Crippen molar-refractivity contribution in [3.63, 3.8) is 0 Å². The number of halogens is 2. The summed E-state index contributed by atoms with van der Waals surface area (Å²) in [6.07, 6.45) is 0. The van der Waals surface area contributed by atoms with Crippen molar-refractivity contribution in [1.82, 2.24) is 5.32 Å². The van der Waals surface area contributed by atoms with Crippen molar-refractivity contribution >= 4 is 34.5 Å². The van der Waals surface area contributed by atoms with E-state index in [1.54, 1.807) is 0 Å². The molecule has 1 unspecified atom stereocenters. The van der Waals surface area contributed by atoms with E-state index in [9.17, 15) is 0 Å². The lowest BCUT2D eigenvalue weighted by molar-refractivity contribution is 0.579. The van der Waals surface area contributed by atoms with Crippen LogP contribution >= 0.6 is 34.5 Å². The molecule has 2 aromatic rings. The molecule has 102 valence electrons. The van der Waals surface area contributed by atoms with Gasteiger partial charge in [0, 0.05) is 22.3 Å². The SMILES string of the molecule is Cc1cc(CNC(C)c2cccc(Cl)c2Cl)sc1C. The second kappa shape index (κ2) is 6.27. The molecule has 1 atom stereocenters. The van der Waals surface area contributed by atoms with Crippen molar-refractivity contribution in [2.24, 2.45) is 0 Å². The van der Waals surface area contributed by atoms with E-state index in [1.165, 1.54) is 15.3 Å². The standard InChI is InChI=1S/C15H17Cl2NS/c1-9-7-12(19-11(9)3)8-18-10(2)13-5-4-6-14(16)15(13)17/h4-7,10,18H,8H2,1-3H3. The molecule has 1 aromatic carbocycles. The van der Waals surface area contributed by atoms with Crippen LogP contribution < -0.4 is 5.32 Å². The van der Waals surface area contributed by atoms with Crippen molar-refractivity contribution in [2.75, 3.05) is 0 Å². The molecule has 1 N–H and O–H groups in total. The number of rotatable bonds is 4. The molecule has 1 nitrogen and oxygen atoms in total. The third-order valence-electron chi connectivity index (χ3n) is 3.25. The monoisotopic (exact) mass is 313 g/mol. The second-order valence-corrected chi connectivity index (χ2v) is 6.82. The van der Waals surface area contributed by atoms with Crippen LogP contribution in [0.1, 0.15) is 33.8 Å². The zero-order valence-corrected chi connectivity index (χ0v) is 13.6. The van der Waals surface area contributed by atoms with Gasteiger partial charge in [0.1, 0.15) is 0 Å². The average Bonchev–Trinajstić information content (AvgIpc) is 2.69. The molecule has 1 heterocycles. The number of hydrogen-bond donors (Lipinski definition) is 1. The summed E-state index contributed by atoms with van der Waals surface area (Å²) in [5.74, 6) is 0. The lowest BCUT2D eigenvalue weighted by atomic mass is 10.1. The third kappa shape index (κ3) is 3.51. The first kappa shape index (κ1) is 14.9. The van der Waals surface area contributed by atoms with Gasteiger partial charge in [0.05, 0.1) is 10.0 Å². The minimum Gasteiger partial charge on any atom is -0.305 e. The van der Waals surface area contributed by atoms with Crippen molar-refractivity contribution < 1.29 is 0 Å². The van der Waals surface area contributed by atoms with Crippen LogP contribution in [0.5, 0.6) is 0 Å². The van der Waals surface area contributed by atoms with E-state index in [0.29, 0.717) is 10.0 Å². The molecule has 0 fully saturated rings. The highest BCUT2D eigenvalue weighted by atomic mass is 35.5. The fourth-order valence-corrected chi connectivity index (χ4v) is 3.43. The smallest absolute Gasteiger partial charge is 0.0639 e. The number of hydrogen-bond acceptors (Lipinski definition) is 2. The molecule has 0 saturated carbocycles. The van der Waals surface area contributed by atoms with Gasteiger partial charge in [-0.25, -0.2) is 0 Å². The number of nitrogens with one attached hydrogen (secondary N) is 1. The van der Waals surface area contributed by atoms with Gasteiger partial charge in [-0.15, -0.1) is 11.3 Å². The highest BCUT2D eigenvalue weighted by molar-refractivity contribution is 7.12. The minimum absolute atomic E-state index is 0.175. The van der Waals surface area contributed by atoms with E-state index in [4.69, 9.17) is 23.2 Å². The van der Waals surface area contributed by atoms with Crippen LogP contribution in [-0.2, 0) is 6.54 Å². The molecule has 2 rings (SSSR count). The first-order valence-electron chi connectivity index (χ1n) is 6.22. The number of benzene rings is 1. The van der Waals surface area contributed by atoms with Gasteiger partial charge < -0.3 is 5.32 Å². The topological polar surface area (TPSA) is 12.0 Å². The Hall–Kier alpha value is -0.540. The van der Waals surface area contributed by atoms with Gasteiger partial charge in [-0.1, -0.05) is 35.3 Å². The lowest BCUT2D eigenvalue weighted by Crippen LogP contribution is -2.17. The van der Waals surface area contributed by atoms with Crippen LogP contribution in [-0.4, -0.2) is 0 Å². The van der Waals surface area contributed by atoms with Gasteiger partial charge in [0.15, 0.2) is 0 Å². The molecular weight excluding hydrogens is 297 g/mol. The van der Waals surface area contributed by atoms with E-state index in [1.807, 2.05) is 29.5 Å². The normalized spacial score (nSPS) is 12.7. The van der Waals surface area contributed by atoms with Gasteiger partial charge in [0.25, 0.3) is 0 Å². The summed E-state index contributed by atoms with van der Waals surface area (Å²) in [4.78, 5) is 2.73. The van der Waals surface area contributed by atoms with Crippen molar-refractivity contribution in [3.05, 3.63) is 55.2 Å². The van der Waals surface area contributed by atoms with Gasteiger partial charge in [-0.3, -0.25) is 0 Å². The quantitative estimate of drug-likeness (QED) is 0.783. The predicted octanol–water partition coefficient (Wildman–Crippen LogP) is 5.52. The first-order chi connectivity index (χ1) is 8.99. The Morgan fingerprint density at radius 3 is 2.63 bits per heavy atom. The maximum absolute atomic E-state index is 6.23. The van der Waals surface area contributed by atoms with E-state index in [0.717, 1.165) is 12.1 Å². The van der Waals surface area contributed by atoms with Crippen LogP contribution in [0.3, 0.4) is 0 Å². The summed E-state index contributed by atoms with van der Waals surface area (Å²) in [6.45, 7) is 7.25. The molecule has 0 bridgehead atoms. The average molecular weight is 314 g/mol. The maximum Gasteiger partial charge on any atom is 0.0639 e. The Bertz CT molecular complexity index is 558. The largest absolute Gasteiger partial charge is 0.305 e. The minimum atomic E-state index is 0.175. The fraction of sp³-hybridized carbons (Fsp3) is 0.333. The summed E-state index contributed by atoms with van der Waals surface area (Å²) >= 11 is 14.1. The molecule has 0 aliphatic rings. The van der Waals surface area contributed by atoms with E-state index in [-0.39, 0.29) is 6.04 Å². The Balaban J connectivity index is 2.05. The van der Waals surface area contributed by atoms with Crippen LogP contribution in [0.15, 0.2) is 24.3 Å². The van der Waals surface area contributed by atoms with E-state index in [2.05, 4.69) is 32.2 Å². The lowest BCUT2D eigenvalue weighted by Gasteiger charge is -2.15. The molecule has 4 heteroatoms. The fourth-order valence-electron chi connectivity index (χ4n) is 1.96. The number of aryl methyl sites for hydroxylation is 2. The van der Waals surface area contributed by atoms with Gasteiger partial charge >= 0.3 is 0 Å². The summed E-state index contributed by atoms with van der Waals surface area (Å²) in [5, 5.41) is 4.74. The first-order valence-corrected chi connectivity index (χ1v) is 7.79. The third-order valence-corrected chi connectivity index (χ3v) is 5.23. The predicted molar refractivity (Wildman–Crippen MR) is 85.5 cm³/mol. The van der Waals surface area contributed by atoms with E-state index >= 15 is 0 Å². The highest BCUT2D eigenvalue weighted by Gasteiger charge is 2.12. The van der Waals surface area contributed by atoms with Gasteiger partial charge in [-0.05, 0) is 44.0 Å².